The minimum absolute atomic E-state index is 0.206. The summed E-state index contributed by atoms with van der Waals surface area (Å²) in [7, 11) is 1.66. The van der Waals surface area contributed by atoms with Crippen LogP contribution in [0, 0.1) is 11.3 Å². The molecule has 0 radical (unpaired) electrons. The van der Waals surface area contributed by atoms with Crippen molar-refractivity contribution in [2.45, 2.75) is 39.2 Å². The van der Waals surface area contributed by atoms with E-state index in [0.717, 1.165) is 24.2 Å². The first-order valence-corrected chi connectivity index (χ1v) is 6.24. The van der Waals surface area contributed by atoms with Gasteiger partial charge in [-0.2, -0.15) is 0 Å². The number of hydrogen-bond donors (Lipinski definition) is 1. The van der Waals surface area contributed by atoms with Crippen molar-refractivity contribution in [1.82, 2.24) is 0 Å². The highest BCUT2D eigenvalue weighted by atomic mass is 16.5. The summed E-state index contributed by atoms with van der Waals surface area (Å²) in [6, 6.07) is 7.82. The van der Waals surface area contributed by atoms with Gasteiger partial charge in [0.1, 0.15) is 5.75 Å². The summed E-state index contributed by atoms with van der Waals surface area (Å²) in [5, 5.41) is 10.9. The molecule has 1 N–H and O–H groups in total. The van der Waals surface area contributed by atoms with E-state index in [2.05, 4.69) is 20.8 Å². The Balaban J connectivity index is 2.38. The van der Waals surface area contributed by atoms with Crippen molar-refractivity contribution in [3.8, 4) is 5.75 Å². The van der Waals surface area contributed by atoms with Gasteiger partial charge in [-0.3, -0.25) is 0 Å². The Hall–Kier alpha value is -1.02. The predicted molar refractivity (Wildman–Crippen MR) is 69.1 cm³/mol. The number of methoxy groups -OCH3 is 1. The van der Waals surface area contributed by atoms with Crippen LogP contribution in [-0.4, -0.2) is 12.2 Å². The van der Waals surface area contributed by atoms with Gasteiger partial charge in [0.05, 0.1) is 12.7 Å². The van der Waals surface area contributed by atoms with Gasteiger partial charge in [-0.15, -0.1) is 0 Å². The second-order valence-electron chi connectivity index (χ2n) is 6.10. The van der Waals surface area contributed by atoms with Crippen LogP contribution >= 0.6 is 0 Å². The predicted octanol–water partition coefficient (Wildman–Crippen LogP) is 3.34. The molecule has 1 aromatic carbocycles. The highest BCUT2D eigenvalue weighted by Gasteiger charge is 2.48. The minimum atomic E-state index is -0.710. The lowest BCUT2D eigenvalue weighted by molar-refractivity contribution is -0.00101. The van der Waals surface area contributed by atoms with Crippen molar-refractivity contribution in [3.63, 3.8) is 0 Å². The molecule has 0 bridgehead atoms. The average Bonchev–Trinajstić information content (AvgIpc) is 2.49. The Morgan fingerprint density at radius 2 is 2.06 bits per heavy atom. The van der Waals surface area contributed by atoms with Gasteiger partial charge >= 0.3 is 0 Å². The van der Waals surface area contributed by atoms with Crippen molar-refractivity contribution in [3.05, 3.63) is 29.8 Å². The van der Waals surface area contributed by atoms with Gasteiger partial charge in [0.15, 0.2) is 0 Å². The number of rotatable bonds is 2. The third kappa shape index (κ3) is 2.19. The highest BCUT2D eigenvalue weighted by molar-refractivity contribution is 5.34. The molecule has 0 heterocycles. The zero-order valence-corrected chi connectivity index (χ0v) is 11.2. The van der Waals surface area contributed by atoms with Crippen LogP contribution in [0.5, 0.6) is 5.75 Å². The Labute approximate surface area is 104 Å². The SMILES string of the molecule is COc1cccc(C2(O)CC(C)(C)CC2C)c1. The largest absolute Gasteiger partial charge is 0.497 e. The maximum absolute atomic E-state index is 10.9. The average molecular weight is 234 g/mol. The van der Waals surface area contributed by atoms with Crippen LogP contribution in [0.4, 0.5) is 0 Å². The third-order valence-corrected chi connectivity index (χ3v) is 3.99. The second kappa shape index (κ2) is 4.02. The van der Waals surface area contributed by atoms with Crippen LogP contribution in [0.25, 0.3) is 0 Å². The maximum Gasteiger partial charge on any atom is 0.119 e. The van der Waals surface area contributed by atoms with Gasteiger partial charge in [-0.1, -0.05) is 32.9 Å². The van der Waals surface area contributed by atoms with Gasteiger partial charge in [0.2, 0.25) is 0 Å². The standard InChI is InChI=1S/C15H22O2/c1-11-9-14(2,3)10-15(11,16)12-6-5-7-13(8-12)17-4/h5-8,11,16H,9-10H2,1-4H3. The molecule has 17 heavy (non-hydrogen) atoms. The zero-order valence-electron chi connectivity index (χ0n) is 11.2. The smallest absolute Gasteiger partial charge is 0.119 e. The monoisotopic (exact) mass is 234 g/mol. The summed E-state index contributed by atoms with van der Waals surface area (Å²) in [6.07, 6.45) is 1.87. The molecule has 0 amide bonds. The van der Waals surface area contributed by atoms with Crippen molar-refractivity contribution >= 4 is 0 Å². The van der Waals surface area contributed by atoms with Gasteiger partial charge in [0.25, 0.3) is 0 Å². The molecule has 2 rings (SSSR count). The third-order valence-electron chi connectivity index (χ3n) is 3.99. The molecule has 94 valence electrons. The maximum atomic E-state index is 10.9. The van der Waals surface area contributed by atoms with E-state index in [1.54, 1.807) is 7.11 Å². The fourth-order valence-corrected chi connectivity index (χ4v) is 3.25. The topological polar surface area (TPSA) is 29.5 Å². The first-order valence-electron chi connectivity index (χ1n) is 6.24. The first kappa shape index (κ1) is 12.4. The Morgan fingerprint density at radius 1 is 1.35 bits per heavy atom. The summed E-state index contributed by atoms with van der Waals surface area (Å²) in [6.45, 7) is 6.58. The van der Waals surface area contributed by atoms with Gasteiger partial charge in [-0.25, -0.2) is 0 Å². The van der Waals surface area contributed by atoms with Crippen LogP contribution in [-0.2, 0) is 5.60 Å². The summed E-state index contributed by atoms with van der Waals surface area (Å²) in [5.74, 6) is 1.09. The van der Waals surface area contributed by atoms with Crippen molar-refractivity contribution in [2.75, 3.05) is 7.11 Å². The van der Waals surface area contributed by atoms with Crippen LogP contribution < -0.4 is 4.74 Å². The molecule has 1 saturated carbocycles. The normalized spacial score (nSPS) is 31.5. The molecule has 0 aliphatic heterocycles. The molecule has 0 aromatic heterocycles. The fourth-order valence-electron chi connectivity index (χ4n) is 3.25. The van der Waals surface area contributed by atoms with Crippen LogP contribution in [0.1, 0.15) is 39.2 Å². The number of benzene rings is 1. The molecule has 0 spiro atoms. The van der Waals surface area contributed by atoms with Gasteiger partial charge in [0, 0.05) is 0 Å². The molecule has 1 aliphatic carbocycles. The second-order valence-corrected chi connectivity index (χ2v) is 6.10. The Bertz CT molecular complexity index is 411. The summed E-state index contributed by atoms with van der Waals surface area (Å²) in [5.41, 5.74) is 0.477. The lowest BCUT2D eigenvalue weighted by Crippen LogP contribution is -2.29. The number of aliphatic hydroxyl groups is 1. The lowest BCUT2D eigenvalue weighted by Gasteiger charge is -2.29. The lowest BCUT2D eigenvalue weighted by atomic mass is 9.83. The van der Waals surface area contributed by atoms with E-state index in [4.69, 9.17) is 4.74 Å². The first-order chi connectivity index (χ1) is 7.87. The zero-order chi connectivity index (χ0) is 12.7. The molecule has 2 heteroatoms. The van der Waals surface area contributed by atoms with Crippen LogP contribution in [0.3, 0.4) is 0 Å². The minimum Gasteiger partial charge on any atom is -0.497 e. The number of ether oxygens (including phenoxy) is 1. The van der Waals surface area contributed by atoms with E-state index < -0.39 is 5.60 Å². The van der Waals surface area contributed by atoms with Crippen molar-refractivity contribution < 1.29 is 9.84 Å². The Morgan fingerprint density at radius 3 is 2.59 bits per heavy atom. The van der Waals surface area contributed by atoms with Crippen molar-refractivity contribution in [1.29, 1.82) is 0 Å². The van der Waals surface area contributed by atoms with E-state index in [1.165, 1.54) is 0 Å². The molecule has 0 saturated heterocycles. The fraction of sp³-hybridized carbons (Fsp3) is 0.600. The quantitative estimate of drug-likeness (QED) is 0.850. The van der Waals surface area contributed by atoms with Crippen molar-refractivity contribution in [2.24, 2.45) is 11.3 Å². The summed E-state index contributed by atoms with van der Waals surface area (Å²) < 4.78 is 5.24. The Kier molecular flexibility index (Phi) is 2.94. The molecular formula is C15H22O2. The van der Waals surface area contributed by atoms with Crippen LogP contribution in [0.2, 0.25) is 0 Å². The van der Waals surface area contributed by atoms with E-state index in [1.807, 2.05) is 24.3 Å². The molecular weight excluding hydrogens is 212 g/mol. The summed E-state index contributed by atoms with van der Waals surface area (Å²) in [4.78, 5) is 0. The molecule has 1 aromatic rings. The van der Waals surface area contributed by atoms with Gasteiger partial charge in [-0.05, 0) is 41.9 Å². The molecule has 2 unspecified atom stereocenters. The molecule has 1 aliphatic rings. The van der Waals surface area contributed by atoms with E-state index in [0.29, 0.717) is 0 Å². The van der Waals surface area contributed by atoms with Crippen LogP contribution in [0.15, 0.2) is 24.3 Å². The highest BCUT2D eigenvalue weighted by Crippen LogP contribution is 2.52. The van der Waals surface area contributed by atoms with Gasteiger partial charge < -0.3 is 9.84 Å². The molecule has 1 fully saturated rings. The van der Waals surface area contributed by atoms with E-state index in [9.17, 15) is 5.11 Å². The number of hydrogen-bond acceptors (Lipinski definition) is 2. The van der Waals surface area contributed by atoms with E-state index >= 15 is 0 Å². The molecule has 2 nitrogen and oxygen atoms in total. The van der Waals surface area contributed by atoms with E-state index in [-0.39, 0.29) is 11.3 Å². The summed E-state index contributed by atoms with van der Waals surface area (Å²) >= 11 is 0. The molecule has 2 atom stereocenters.